The number of carbonyl (C=O) groups is 2. The van der Waals surface area contributed by atoms with Gasteiger partial charge < -0.3 is 20.3 Å². The summed E-state index contributed by atoms with van der Waals surface area (Å²) in [5.41, 5.74) is 0.0243. The number of nitrogens with zero attached hydrogens (tertiary/aromatic N) is 6. The summed E-state index contributed by atoms with van der Waals surface area (Å²) in [6.07, 6.45) is 1.57. The molecule has 0 bridgehead atoms. The highest BCUT2D eigenvalue weighted by molar-refractivity contribution is 5.99. The second-order valence-corrected chi connectivity index (χ2v) is 8.02. The highest BCUT2D eigenvalue weighted by Crippen LogP contribution is 2.37. The van der Waals surface area contributed by atoms with Gasteiger partial charge in [-0.3, -0.25) is 14.8 Å². The number of anilines is 3. The molecule has 178 valence electrons. The third-order valence-electron chi connectivity index (χ3n) is 5.13. The van der Waals surface area contributed by atoms with E-state index in [-0.39, 0.29) is 30.3 Å². The van der Waals surface area contributed by atoms with Gasteiger partial charge in [0, 0.05) is 20.2 Å². The lowest BCUT2D eigenvalue weighted by Crippen LogP contribution is -2.60. The summed E-state index contributed by atoms with van der Waals surface area (Å²) < 4.78 is 20.9. The Morgan fingerprint density at radius 3 is 2.59 bits per heavy atom. The highest BCUT2D eigenvalue weighted by atomic mass is 19.1. The number of hydrogen-bond acceptors (Lipinski definition) is 8. The third-order valence-corrected chi connectivity index (χ3v) is 5.13. The molecule has 1 aliphatic rings. The van der Waals surface area contributed by atoms with Crippen LogP contribution < -0.4 is 20.7 Å². The molecule has 3 aromatic rings. The molecule has 4 rings (SSSR count). The largest absolute Gasteiger partial charge is 0.494 e. The normalized spacial score (nSPS) is 14.2. The van der Waals surface area contributed by atoms with Crippen molar-refractivity contribution in [2.75, 3.05) is 37.9 Å². The van der Waals surface area contributed by atoms with Gasteiger partial charge in [-0.05, 0) is 19.1 Å². The summed E-state index contributed by atoms with van der Waals surface area (Å²) in [6, 6.07) is 6.30. The van der Waals surface area contributed by atoms with E-state index >= 15 is 0 Å². The molecule has 3 amide bonds. The Bertz CT molecular complexity index is 1240. The molecule has 12 nitrogen and oxygen atoms in total. The first-order valence-electron chi connectivity index (χ1n) is 10.4. The van der Waals surface area contributed by atoms with Gasteiger partial charge in [0.1, 0.15) is 12.0 Å². The van der Waals surface area contributed by atoms with Gasteiger partial charge in [-0.25, -0.2) is 14.2 Å². The van der Waals surface area contributed by atoms with Gasteiger partial charge >= 0.3 is 6.03 Å². The summed E-state index contributed by atoms with van der Waals surface area (Å²) in [5, 5.41) is 20.4. The standard InChI is InChI=1S/C21H24FN9O3/c1-21(22)9-31(10-21)20(33)26-15-8-14(16(28-27-15)19(32)23-2)25-13-7-5-6-12(17(13)34-4)18-24-11-30(3)29-18/h5-8,11H,9-10H2,1-4H3,(H,23,32)(H2,25,26,27,33). The van der Waals surface area contributed by atoms with Crippen molar-refractivity contribution in [3.05, 3.63) is 36.3 Å². The molecule has 0 aliphatic carbocycles. The van der Waals surface area contributed by atoms with Crippen molar-refractivity contribution in [2.24, 2.45) is 7.05 Å². The maximum Gasteiger partial charge on any atom is 0.323 e. The van der Waals surface area contributed by atoms with Gasteiger partial charge in [0.15, 0.2) is 23.1 Å². The number of amides is 3. The van der Waals surface area contributed by atoms with Crippen LogP contribution in [0.1, 0.15) is 17.4 Å². The molecule has 1 fully saturated rings. The van der Waals surface area contributed by atoms with Gasteiger partial charge in [0.2, 0.25) is 0 Å². The van der Waals surface area contributed by atoms with Crippen molar-refractivity contribution < 1.29 is 18.7 Å². The number of likely N-dealkylation sites (tertiary alicyclic amines) is 1. The topological polar surface area (TPSA) is 139 Å². The molecule has 13 heteroatoms. The second-order valence-electron chi connectivity index (χ2n) is 8.02. The number of aromatic nitrogens is 5. The molecule has 3 N–H and O–H groups in total. The van der Waals surface area contributed by atoms with E-state index in [1.807, 2.05) is 0 Å². The fourth-order valence-electron chi connectivity index (χ4n) is 3.56. The molecule has 3 heterocycles. The zero-order chi connectivity index (χ0) is 24.5. The number of urea groups is 1. The van der Waals surface area contributed by atoms with Gasteiger partial charge in [0.25, 0.3) is 5.91 Å². The van der Waals surface area contributed by atoms with E-state index in [1.165, 1.54) is 32.0 Å². The number of methoxy groups -OCH3 is 1. The van der Waals surface area contributed by atoms with E-state index in [1.54, 1.807) is 36.3 Å². The van der Waals surface area contributed by atoms with Crippen molar-refractivity contribution in [1.82, 2.24) is 35.2 Å². The van der Waals surface area contributed by atoms with E-state index < -0.39 is 17.6 Å². The lowest BCUT2D eigenvalue weighted by Gasteiger charge is -2.41. The molecule has 1 aromatic carbocycles. The average Bonchev–Trinajstić information content (AvgIpc) is 3.23. The van der Waals surface area contributed by atoms with Crippen LogP contribution in [0.2, 0.25) is 0 Å². The Morgan fingerprint density at radius 2 is 1.97 bits per heavy atom. The molecule has 34 heavy (non-hydrogen) atoms. The van der Waals surface area contributed by atoms with E-state index in [0.717, 1.165) is 0 Å². The van der Waals surface area contributed by atoms with E-state index in [0.29, 0.717) is 22.8 Å². The zero-order valence-electron chi connectivity index (χ0n) is 19.1. The molecule has 0 atom stereocenters. The van der Waals surface area contributed by atoms with Crippen LogP contribution >= 0.6 is 0 Å². The Hall–Kier alpha value is -4.29. The Balaban J connectivity index is 1.65. The number of hydrogen-bond donors (Lipinski definition) is 3. The van der Waals surface area contributed by atoms with Crippen LogP contribution in [-0.4, -0.2) is 74.7 Å². The molecule has 0 unspecified atom stereocenters. The highest BCUT2D eigenvalue weighted by Gasteiger charge is 2.41. The lowest BCUT2D eigenvalue weighted by molar-refractivity contribution is 0.0144. The number of para-hydroxylation sites is 1. The van der Waals surface area contributed by atoms with Crippen molar-refractivity contribution in [2.45, 2.75) is 12.6 Å². The first-order chi connectivity index (χ1) is 16.2. The zero-order valence-corrected chi connectivity index (χ0v) is 19.1. The molecular formula is C21H24FN9O3. The van der Waals surface area contributed by atoms with Crippen LogP contribution in [0.5, 0.6) is 5.75 Å². The van der Waals surface area contributed by atoms with Crippen LogP contribution in [-0.2, 0) is 7.05 Å². The van der Waals surface area contributed by atoms with Crippen LogP contribution in [0.15, 0.2) is 30.6 Å². The number of alkyl halides is 1. The summed E-state index contributed by atoms with van der Waals surface area (Å²) in [5.74, 6) is 0.519. The van der Waals surface area contributed by atoms with Crippen molar-refractivity contribution in [3.8, 4) is 17.1 Å². The average molecular weight is 469 g/mol. The predicted octanol–water partition coefficient (Wildman–Crippen LogP) is 1.96. The minimum Gasteiger partial charge on any atom is -0.494 e. The Kier molecular flexibility index (Phi) is 6.01. The summed E-state index contributed by atoms with van der Waals surface area (Å²) in [4.78, 5) is 30.4. The van der Waals surface area contributed by atoms with Crippen LogP contribution in [0.3, 0.4) is 0 Å². The van der Waals surface area contributed by atoms with E-state index in [4.69, 9.17) is 4.74 Å². The molecular weight excluding hydrogens is 445 g/mol. The van der Waals surface area contributed by atoms with E-state index in [9.17, 15) is 14.0 Å². The summed E-state index contributed by atoms with van der Waals surface area (Å²) in [6.45, 7) is 1.40. The summed E-state index contributed by atoms with van der Waals surface area (Å²) in [7, 11) is 4.73. The first kappa shape index (κ1) is 22.9. The monoisotopic (exact) mass is 469 g/mol. The van der Waals surface area contributed by atoms with Crippen molar-refractivity contribution >= 4 is 29.1 Å². The number of nitrogens with one attached hydrogen (secondary N) is 3. The Morgan fingerprint density at radius 1 is 1.21 bits per heavy atom. The van der Waals surface area contributed by atoms with Crippen LogP contribution in [0.4, 0.5) is 26.4 Å². The van der Waals surface area contributed by atoms with Crippen molar-refractivity contribution in [1.29, 1.82) is 0 Å². The van der Waals surface area contributed by atoms with Crippen LogP contribution in [0.25, 0.3) is 11.4 Å². The van der Waals surface area contributed by atoms with Gasteiger partial charge in [-0.15, -0.1) is 10.2 Å². The van der Waals surface area contributed by atoms with E-state index in [2.05, 4.69) is 36.2 Å². The number of aryl methyl sites for hydroxylation is 1. The number of carbonyl (C=O) groups excluding carboxylic acids is 2. The lowest BCUT2D eigenvalue weighted by atomic mass is 10.00. The first-order valence-corrected chi connectivity index (χ1v) is 10.4. The summed E-state index contributed by atoms with van der Waals surface area (Å²) >= 11 is 0. The molecule has 0 spiro atoms. The fraction of sp³-hybridized carbons (Fsp3) is 0.333. The molecule has 0 radical (unpaired) electrons. The fourth-order valence-corrected chi connectivity index (χ4v) is 3.56. The minimum absolute atomic E-state index is 0.00389. The molecule has 0 saturated carbocycles. The predicted molar refractivity (Wildman–Crippen MR) is 122 cm³/mol. The van der Waals surface area contributed by atoms with Crippen LogP contribution in [0, 0.1) is 0 Å². The number of rotatable bonds is 6. The maximum atomic E-state index is 13.7. The second kappa shape index (κ2) is 8.92. The van der Waals surface area contributed by atoms with Gasteiger partial charge in [0.05, 0.1) is 37.1 Å². The number of halogens is 1. The number of ether oxygens (including phenoxy) is 1. The van der Waals surface area contributed by atoms with Gasteiger partial charge in [-0.1, -0.05) is 6.07 Å². The molecule has 1 aliphatic heterocycles. The SMILES string of the molecule is CNC(=O)c1nnc(NC(=O)N2CC(C)(F)C2)cc1Nc1cccc(-c2ncn(C)n2)c1OC. The molecule has 1 saturated heterocycles. The van der Waals surface area contributed by atoms with Crippen molar-refractivity contribution in [3.63, 3.8) is 0 Å². The smallest absolute Gasteiger partial charge is 0.323 e. The van der Waals surface area contributed by atoms with Gasteiger partial charge in [-0.2, -0.15) is 5.10 Å². The number of benzene rings is 1. The Labute approximate surface area is 194 Å². The quantitative estimate of drug-likeness (QED) is 0.498. The third kappa shape index (κ3) is 4.58. The molecule has 2 aromatic heterocycles. The maximum absolute atomic E-state index is 13.7. The minimum atomic E-state index is -1.40.